The lowest BCUT2D eigenvalue weighted by Gasteiger charge is -2.56. The summed E-state index contributed by atoms with van der Waals surface area (Å²) >= 11 is 0. The smallest absolute Gasteiger partial charge is 0.275 e. The molecule has 3 heteroatoms. The Balaban J connectivity index is 1.36. The molecule has 1 aromatic carbocycles. The van der Waals surface area contributed by atoms with Crippen molar-refractivity contribution in [2.24, 2.45) is 23.7 Å². The maximum atomic E-state index is 12.7. The van der Waals surface area contributed by atoms with Gasteiger partial charge >= 0.3 is 0 Å². The standard InChI is InChI=1S/C22H32N2O/c1-15(2)21(19-6-4-3-5-7-19)23-14-20(25)24-22-11-16-8-17(12-22)10-18(9-16)13-22/h3-7,15-18,21,23H,8-14H2,1-2H3,(H,24,25)/p+1/t16?,17?,18?,21-,22?/m0/s1. The lowest BCUT2D eigenvalue weighted by molar-refractivity contribution is -0.692. The van der Waals surface area contributed by atoms with Gasteiger partial charge in [0.25, 0.3) is 5.91 Å². The number of nitrogens with two attached hydrogens (primary N) is 1. The molecule has 4 bridgehead atoms. The Bertz CT molecular complexity index is 574. The molecule has 1 aromatic rings. The zero-order valence-corrected chi connectivity index (χ0v) is 15.7. The minimum Gasteiger partial charge on any atom is -0.346 e. The average molecular weight is 342 g/mol. The van der Waals surface area contributed by atoms with Gasteiger partial charge in [0.05, 0.1) is 0 Å². The normalized spacial score (nSPS) is 34.3. The first-order valence-electron chi connectivity index (χ1n) is 10.2. The molecule has 3 N–H and O–H groups in total. The molecule has 1 amide bonds. The highest BCUT2D eigenvalue weighted by Crippen LogP contribution is 2.55. The van der Waals surface area contributed by atoms with Crippen molar-refractivity contribution in [2.75, 3.05) is 6.54 Å². The van der Waals surface area contributed by atoms with Crippen molar-refractivity contribution in [2.45, 2.75) is 64.0 Å². The molecule has 0 aromatic heterocycles. The van der Waals surface area contributed by atoms with E-state index >= 15 is 0 Å². The molecule has 4 aliphatic rings. The molecule has 25 heavy (non-hydrogen) atoms. The van der Waals surface area contributed by atoms with Crippen LogP contribution in [0.5, 0.6) is 0 Å². The summed E-state index contributed by atoms with van der Waals surface area (Å²) in [7, 11) is 0. The summed E-state index contributed by atoms with van der Waals surface area (Å²) in [6.07, 6.45) is 7.96. The molecule has 3 nitrogen and oxygen atoms in total. The van der Waals surface area contributed by atoms with E-state index in [2.05, 4.69) is 54.8 Å². The van der Waals surface area contributed by atoms with E-state index in [9.17, 15) is 4.79 Å². The Hall–Kier alpha value is -1.35. The fraction of sp³-hybridized carbons (Fsp3) is 0.682. The third-order valence-corrected chi connectivity index (χ3v) is 6.90. The maximum Gasteiger partial charge on any atom is 0.275 e. The predicted molar refractivity (Wildman–Crippen MR) is 99.9 cm³/mol. The minimum atomic E-state index is 0.139. The number of rotatable bonds is 6. The van der Waals surface area contributed by atoms with Crippen LogP contribution in [0.3, 0.4) is 0 Å². The Morgan fingerprint density at radius 1 is 1.08 bits per heavy atom. The summed E-state index contributed by atoms with van der Waals surface area (Å²) in [4.78, 5) is 12.7. The Morgan fingerprint density at radius 3 is 2.16 bits per heavy atom. The Morgan fingerprint density at radius 2 is 1.64 bits per heavy atom. The van der Waals surface area contributed by atoms with Crippen molar-refractivity contribution in [1.29, 1.82) is 0 Å². The van der Waals surface area contributed by atoms with Crippen molar-refractivity contribution in [3.8, 4) is 0 Å². The first-order chi connectivity index (χ1) is 12.0. The second-order valence-electron chi connectivity index (χ2n) is 9.37. The number of carbonyl (C=O) groups excluding carboxylic acids is 1. The zero-order chi connectivity index (χ0) is 17.4. The third kappa shape index (κ3) is 3.62. The van der Waals surface area contributed by atoms with Crippen LogP contribution in [0.2, 0.25) is 0 Å². The van der Waals surface area contributed by atoms with Crippen LogP contribution in [0.15, 0.2) is 30.3 Å². The van der Waals surface area contributed by atoms with Gasteiger partial charge < -0.3 is 10.6 Å². The molecule has 5 rings (SSSR count). The van der Waals surface area contributed by atoms with Gasteiger partial charge in [0.2, 0.25) is 0 Å². The summed E-state index contributed by atoms with van der Waals surface area (Å²) in [6, 6.07) is 10.9. The van der Waals surface area contributed by atoms with Crippen molar-refractivity contribution < 1.29 is 10.1 Å². The summed E-state index contributed by atoms with van der Waals surface area (Å²) in [5.41, 5.74) is 1.46. The summed E-state index contributed by atoms with van der Waals surface area (Å²) < 4.78 is 0. The molecule has 4 fully saturated rings. The van der Waals surface area contributed by atoms with Gasteiger partial charge in [0, 0.05) is 17.0 Å². The topological polar surface area (TPSA) is 45.7 Å². The van der Waals surface area contributed by atoms with E-state index in [-0.39, 0.29) is 11.4 Å². The molecule has 0 unspecified atom stereocenters. The number of quaternary nitrogens is 1. The van der Waals surface area contributed by atoms with Crippen LogP contribution in [-0.2, 0) is 4.79 Å². The van der Waals surface area contributed by atoms with Crippen LogP contribution in [0, 0.1) is 23.7 Å². The maximum absolute atomic E-state index is 12.7. The van der Waals surface area contributed by atoms with Crippen LogP contribution in [-0.4, -0.2) is 18.0 Å². The quantitative estimate of drug-likeness (QED) is 0.821. The zero-order valence-electron chi connectivity index (χ0n) is 15.7. The van der Waals surface area contributed by atoms with Crippen LogP contribution in [0.1, 0.15) is 64.0 Å². The highest BCUT2D eigenvalue weighted by Gasteiger charge is 2.51. The number of benzene rings is 1. The van der Waals surface area contributed by atoms with Crippen LogP contribution < -0.4 is 10.6 Å². The van der Waals surface area contributed by atoms with Gasteiger partial charge in [-0.25, -0.2) is 0 Å². The highest BCUT2D eigenvalue weighted by molar-refractivity contribution is 5.77. The first kappa shape index (κ1) is 17.1. The predicted octanol–water partition coefficient (Wildman–Crippen LogP) is 3.03. The monoisotopic (exact) mass is 341 g/mol. The van der Waals surface area contributed by atoms with Gasteiger partial charge in [-0.2, -0.15) is 0 Å². The molecule has 4 saturated carbocycles. The van der Waals surface area contributed by atoms with E-state index in [0.717, 1.165) is 17.8 Å². The number of carbonyl (C=O) groups is 1. The molecule has 0 radical (unpaired) electrons. The van der Waals surface area contributed by atoms with Crippen LogP contribution >= 0.6 is 0 Å². The number of amides is 1. The largest absolute Gasteiger partial charge is 0.346 e. The van der Waals surface area contributed by atoms with E-state index in [0.29, 0.717) is 18.5 Å². The van der Waals surface area contributed by atoms with Crippen molar-refractivity contribution in [1.82, 2.24) is 5.32 Å². The van der Waals surface area contributed by atoms with Gasteiger partial charge in [0.15, 0.2) is 6.54 Å². The summed E-state index contributed by atoms with van der Waals surface area (Å²) in [5.74, 6) is 3.38. The Labute approximate surface area is 152 Å². The van der Waals surface area contributed by atoms with E-state index in [1.807, 2.05) is 0 Å². The molecular weight excluding hydrogens is 308 g/mol. The first-order valence-corrected chi connectivity index (χ1v) is 10.2. The number of hydrogen-bond donors (Lipinski definition) is 2. The van der Waals surface area contributed by atoms with Crippen molar-refractivity contribution in [3.05, 3.63) is 35.9 Å². The lowest BCUT2D eigenvalue weighted by atomic mass is 9.53. The van der Waals surface area contributed by atoms with Gasteiger partial charge in [-0.15, -0.1) is 0 Å². The SMILES string of the molecule is CC(C)[C@H]([NH2+]CC(=O)NC12CC3CC(CC(C3)C1)C2)c1ccccc1. The van der Waals surface area contributed by atoms with Crippen molar-refractivity contribution >= 4 is 5.91 Å². The Kier molecular flexibility index (Phi) is 4.61. The minimum absolute atomic E-state index is 0.139. The van der Waals surface area contributed by atoms with Gasteiger partial charge in [-0.05, 0) is 56.3 Å². The third-order valence-electron chi connectivity index (χ3n) is 6.90. The fourth-order valence-corrected chi connectivity index (χ4v) is 6.31. The van der Waals surface area contributed by atoms with E-state index in [1.54, 1.807) is 0 Å². The molecule has 0 aliphatic heterocycles. The average Bonchev–Trinajstić information content (AvgIpc) is 2.54. The van der Waals surface area contributed by atoms with Gasteiger partial charge in [-0.3, -0.25) is 4.79 Å². The summed E-state index contributed by atoms with van der Waals surface area (Å²) in [5, 5.41) is 5.73. The molecule has 1 atom stereocenters. The van der Waals surface area contributed by atoms with Gasteiger partial charge in [-0.1, -0.05) is 44.2 Å². The summed E-state index contributed by atoms with van der Waals surface area (Å²) in [6.45, 7) is 5.02. The fourth-order valence-electron chi connectivity index (χ4n) is 6.31. The lowest BCUT2D eigenvalue weighted by Crippen LogP contribution is -2.89. The molecule has 0 spiro atoms. The van der Waals surface area contributed by atoms with Crippen LogP contribution in [0.25, 0.3) is 0 Å². The van der Waals surface area contributed by atoms with E-state index < -0.39 is 0 Å². The molecule has 0 saturated heterocycles. The van der Waals surface area contributed by atoms with E-state index in [1.165, 1.54) is 44.1 Å². The molecular formula is C22H33N2O+. The van der Waals surface area contributed by atoms with E-state index in [4.69, 9.17) is 0 Å². The van der Waals surface area contributed by atoms with Crippen LogP contribution in [0.4, 0.5) is 0 Å². The van der Waals surface area contributed by atoms with Crippen molar-refractivity contribution in [3.63, 3.8) is 0 Å². The second-order valence-corrected chi connectivity index (χ2v) is 9.37. The molecule has 0 heterocycles. The molecule has 136 valence electrons. The number of hydrogen-bond acceptors (Lipinski definition) is 1. The second kappa shape index (κ2) is 6.75. The van der Waals surface area contributed by atoms with Gasteiger partial charge in [0.1, 0.15) is 6.04 Å². The molecule has 4 aliphatic carbocycles. The number of nitrogens with one attached hydrogen (secondary N) is 1. The highest BCUT2D eigenvalue weighted by atomic mass is 16.2.